The molecule has 0 amide bonds. The molecular weight excluding hydrogens is 254 g/mol. The van der Waals surface area contributed by atoms with Crippen molar-refractivity contribution in [3.05, 3.63) is 35.6 Å². The van der Waals surface area contributed by atoms with Crippen molar-refractivity contribution in [1.82, 2.24) is 5.32 Å². The summed E-state index contributed by atoms with van der Waals surface area (Å²) in [4.78, 5) is 11.3. The van der Waals surface area contributed by atoms with Crippen LogP contribution in [0.25, 0.3) is 11.0 Å². The number of fused-ring (bicyclic) bond motifs is 1. The van der Waals surface area contributed by atoms with E-state index in [1.165, 1.54) is 6.42 Å². The second kappa shape index (κ2) is 4.63. The van der Waals surface area contributed by atoms with Crippen LogP contribution in [-0.4, -0.2) is 17.6 Å². The Morgan fingerprint density at radius 1 is 1.45 bits per heavy atom. The van der Waals surface area contributed by atoms with E-state index in [0.717, 1.165) is 17.5 Å². The molecule has 0 aliphatic heterocycles. The van der Waals surface area contributed by atoms with Gasteiger partial charge in [-0.05, 0) is 30.4 Å². The summed E-state index contributed by atoms with van der Waals surface area (Å²) in [6.07, 6.45) is 1.23. The molecular formula is C16H19NO3. The van der Waals surface area contributed by atoms with Gasteiger partial charge < -0.3 is 14.8 Å². The number of hydrogen-bond donors (Lipinski definition) is 2. The summed E-state index contributed by atoms with van der Waals surface area (Å²) < 4.78 is 5.44. The number of benzene rings is 1. The number of carboxylic acids is 1. The summed E-state index contributed by atoms with van der Waals surface area (Å²) >= 11 is 0. The number of aromatic carboxylic acids is 1. The molecule has 0 saturated heterocycles. The quantitative estimate of drug-likeness (QED) is 0.877. The third-order valence-electron chi connectivity index (χ3n) is 4.30. The topological polar surface area (TPSA) is 62.5 Å². The molecule has 1 saturated carbocycles. The van der Waals surface area contributed by atoms with E-state index in [9.17, 15) is 9.90 Å². The maximum atomic E-state index is 11.3. The van der Waals surface area contributed by atoms with E-state index in [1.807, 2.05) is 18.2 Å². The number of carboxylic acid groups (broad SMARTS) is 1. The van der Waals surface area contributed by atoms with Gasteiger partial charge in [0.25, 0.3) is 0 Å². The lowest BCUT2D eigenvalue weighted by Crippen LogP contribution is -2.19. The highest BCUT2D eigenvalue weighted by molar-refractivity contribution is 5.95. The van der Waals surface area contributed by atoms with Gasteiger partial charge in [0, 0.05) is 17.5 Å². The van der Waals surface area contributed by atoms with E-state index in [2.05, 4.69) is 19.2 Å². The van der Waals surface area contributed by atoms with Crippen LogP contribution in [0.5, 0.6) is 0 Å². The number of hydrogen-bond acceptors (Lipinski definition) is 3. The van der Waals surface area contributed by atoms with Crippen molar-refractivity contribution >= 4 is 16.9 Å². The molecule has 20 heavy (non-hydrogen) atoms. The standard InChI is InChI=1S/C16H19NO3/c1-16(2)7-10(16)8-17-9-12-11-5-3-4-6-13(11)20-14(12)15(18)19/h3-6,10,17H,7-9H2,1-2H3,(H,18,19). The predicted molar refractivity (Wildman–Crippen MR) is 76.8 cm³/mol. The maximum absolute atomic E-state index is 11.3. The molecule has 0 radical (unpaired) electrons. The van der Waals surface area contributed by atoms with E-state index in [0.29, 0.717) is 23.5 Å². The van der Waals surface area contributed by atoms with Crippen LogP contribution < -0.4 is 5.32 Å². The van der Waals surface area contributed by atoms with Crippen molar-refractivity contribution in [3.8, 4) is 0 Å². The summed E-state index contributed by atoms with van der Waals surface area (Å²) in [5, 5.41) is 13.5. The van der Waals surface area contributed by atoms with Crippen LogP contribution in [0.1, 0.15) is 36.4 Å². The van der Waals surface area contributed by atoms with Crippen LogP contribution in [0.4, 0.5) is 0 Å². The SMILES string of the molecule is CC1(C)CC1CNCc1c(C(=O)O)oc2ccccc12. The summed E-state index contributed by atoms with van der Waals surface area (Å²) in [5.41, 5.74) is 1.81. The van der Waals surface area contributed by atoms with Gasteiger partial charge in [-0.1, -0.05) is 32.0 Å². The average Bonchev–Trinajstić information content (AvgIpc) is 2.84. The van der Waals surface area contributed by atoms with Crippen molar-refractivity contribution in [1.29, 1.82) is 0 Å². The molecule has 2 N–H and O–H groups in total. The van der Waals surface area contributed by atoms with Crippen molar-refractivity contribution < 1.29 is 14.3 Å². The zero-order valence-corrected chi connectivity index (χ0v) is 11.8. The molecule has 1 aliphatic carbocycles. The molecule has 4 nitrogen and oxygen atoms in total. The molecule has 1 aromatic carbocycles. The van der Waals surface area contributed by atoms with E-state index in [-0.39, 0.29) is 5.76 Å². The first kappa shape index (κ1) is 13.2. The van der Waals surface area contributed by atoms with Gasteiger partial charge >= 0.3 is 5.97 Å². The largest absolute Gasteiger partial charge is 0.475 e. The number of furan rings is 1. The van der Waals surface area contributed by atoms with Crippen LogP contribution >= 0.6 is 0 Å². The van der Waals surface area contributed by atoms with Crippen molar-refractivity contribution in [2.24, 2.45) is 11.3 Å². The highest BCUT2D eigenvalue weighted by atomic mass is 16.4. The van der Waals surface area contributed by atoms with E-state index >= 15 is 0 Å². The van der Waals surface area contributed by atoms with Gasteiger partial charge in [0.15, 0.2) is 0 Å². The first-order valence-corrected chi connectivity index (χ1v) is 6.93. The number of para-hydroxylation sites is 1. The summed E-state index contributed by atoms with van der Waals surface area (Å²) in [7, 11) is 0. The maximum Gasteiger partial charge on any atom is 0.372 e. The fourth-order valence-corrected chi connectivity index (χ4v) is 2.74. The Balaban J connectivity index is 1.79. The number of nitrogens with one attached hydrogen (secondary N) is 1. The van der Waals surface area contributed by atoms with Crippen LogP contribution in [0, 0.1) is 11.3 Å². The summed E-state index contributed by atoms with van der Waals surface area (Å²) in [6.45, 7) is 5.97. The molecule has 1 heterocycles. The van der Waals surface area contributed by atoms with Crippen LogP contribution in [-0.2, 0) is 6.54 Å². The second-order valence-corrected chi connectivity index (χ2v) is 6.23. The fourth-order valence-electron chi connectivity index (χ4n) is 2.74. The second-order valence-electron chi connectivity index (χ2n) is 6.23. The molecule has 0 spiro atoms. The summed E-state index contributed by atoms with van der Waals surface area (Å²) in [5.74, 6) is -0.271. The summed E-state index contributed by atoms with van der Waals surface area (Å²) in [6, 6.07) is 7.46. The predicted octanol–water partition coefficient (Wildman–Crippen LogP) is 3.27. The first-order valence-electron chi connectivity index (χ1n) is 6.93. The van der Waals surface area contributed by atoms with Gasteiger partial charge in [-0.15, -0.1) is 0 Å². The Bertz CT molecular complexity index is 657. The Hall–Kier alpha value is -1.81. The number of rotatable bonds is 5. The van der Waals surface area contributed by atoms with Gasteiger partial charge in [0.05, 0.1) is 0 Å². The Morgan fingerprint density at radius 2 is 2.15 bits per heavy atom. The lowest BCUT2D eigenvalue weighted by atomic mass is 10.1. The minimum Gasteiger partial charge on any atom is -0.475 e. The van der Waals surface area contributed by atoms with E-state index in [4.69, 9.17) is 4.42 Å². The molecule has 4 heteroatoms. The minimum atomic E-state index is -1.01. The lowest BCUT2D eigenvalue weighted by Gasteiger charge is -2.06. The third-order valence-corrected chi connectivity index (χ3v) is 4.30. The zero-order chi connectivity index (χ0) is 14.3. The average molecular weight is 273 g/mol. The molecule has 2 aromatic rings. The Morgan fingerprint density at radius 3 is 2.80 bits per heavy atom. The van der Waals surface area contributed by atoms with Gasteiger partial charge in [0.1, 0.15) is 5.58 Å². The minimum absolute atomic E-state index is 0.0498. The van der Waals surface area contributed by atoms with Crippen molar-refractivity contribution in [2.45, 2.75) is 26.8 Å². The molecule has 0 bridgehead atoms. The van der Waals surface area contributed by atoms with Gasteiger partial charge in [-0.2, -0.15) is 0 Å². The highest BCUT2D eigenvalue weighted by Crippen LogP contribution is 2.51. The van der Waals surface area contributed by atoms with Crippen LogP contribution in [0.3, 0.4) is 0 Å². The van der Waals surface area contributed by atoms with Crippen LogP contribution in [0.2, 0.25) is 0 Å². The zero-order valence-electron chi connectivity index (χ0n) is 11.8. The van der Waals surface area contributed by atoms with E-state index < -0.39 is 5.97 Å². The molecule has 1 fully saturated rings. The molecule has 1 atom stereocenters. The lowest BCUT2D eigenvalue weighted by molar-refractivity contribution is 0.0663. The normalized spacial score (nSPS) is 20.2. The van der Waals surface area contributed by atoms with Crippen LogP contribution in [0.15, 0.2) is 28.7 Å². The molecule has 1 unspecified atom stereocenters. The fraction of sp³-hybridized carbons (Fsp3) is 0.438. The van der Waals surface area contributed by atoms with Gasteiger partial charge in [-0.25, -0.2) is 4.79 Å². The molecule has 1 aromatic heterocycles. The molecule has 106 valence electrons. The monoisotopic (exact) mass is 273 g/mol. The highest BCUT2D eigenvalue weighted by Gasteiger charge is 2.44. The van der Waals surface area contributed by atoms with Crippen molar-refractivity contribution in [2.75, 3.05) is 6.54 Å². The Labute approximate surface area is 117 Å². The molecule has 1 aliphatic rings. The molecule has 3 rings (SSSR count). The number of carbonyl (C=O) groups is 1. The van der Waals surface area contributed by atoms with E-state index in [1.54, 1.807) is 6.07 Å². The van der Waals surface area contributed by atoms with Crippen molar-refractivity contribution in [3.63, 3.8) is 0 Å². The van der Waals surface area contributed by atoms with Gasteiger partial charge in [0.2, 0.25) is 5.76 Å². The Kier molecular flexibility index (Phi) is 3.05. The van der Waals surface area contributed by atoms with Gasteiger partial charge in [-0.3, -0.25) is 0 Å². The first-order chi connectivity index (χ1) is 9.49. The third kappa shape index (κ3) is 2.31. The smallest absolute Gasteiger partial charge is 0.372 e.